The van der Waals surface area contributed by atoms with Crippen LogP contribution in [0.1, 0.15) is 46.5 Å². The van der Waals surface area contributed by atoms with Gasteiger partial charge in [0.15, 0.2) is 0 Å². The second-order valence-corrected chi connectivity index (χ2v) is 5.80. The lowest BCUT2D eigenvalue weighted by atomic mass is 9.94. The fraction of sp³-hybridized carbons (Fsp3) is 0.929. The van der Waals surface area contributed by atoms with Gasteiger partial charge in [-0.05, 0) is 33.2 Å². The van der Waals surface area contributed by atoms with Gasteiger partial charge in [0.05, 0.1) is 12.7 Å². The van der Waals surface area contributed by atoms with E-state index in [1.54, 1.807) is 0 Å². The summed E-state index contributed by atoms with van der Waals surface area (Å²) >= 11 is 0. The molecule has 2 rings (SSSR count). The predicted molar refractivity (Wildman–Crippen MR) is 69.4 cm³/mol. The summed E-state index contributed by atoms with van der Waals surface area (Å²) in [6.07, 6.45) is 4.13. The second-order valence-electron chi connectivity index (χ2n) is 5.80. The van der Waals surface area contributed by atoms with E-state index in [-0.39, 0.29) is 23.7 Å². The van der Waals surface area contributed by atoms with Gasteiger partial charge in [-0.3, -0.25) is 9.69 Å². The number of ether oxygens (including phenoxy) is 2. The molecule has 0 amide bonds. The molecule has 2 heterocycles. The molecule has 0 aromatic heterocycles. The number of hydrogen-bond donors (Lipinski definition) is 0. The van der Waals surface area contributed by atoms with Crippen molar-refractivity contribution in [1.29, 1.82) is 0 Å². The Morgan fingerprint density at radius 2 is 2.28 bits per heavy atom. The van der Waals surface area contributed by atoms with Crippen molar-refractivity contribution in [2.24, 2.45) is 0 Å². The van der Waals surface area contributed by atoms with Crippen molar-refractivity contribution >= 4 is 5.97 Å². The maximum absolute atomic E-state index is 11.4. The number of esters is 1. The summed E-state index contributed by atoms with van der Waals surface area (Å²) in [6.45, 7) is 8.74. The van der Waals surface area contributed by atoms with Gasteiger partial charge in [-0.2, -0.15) is 0 Å². The second kappa shape index (κ2) is 5.57. The number of rotatable bonds is 5. The summed E-state index contributed by atoms with van der Waals surface area (Å²) in [6, 6.07) is 0. The molecule has 0 bridgehead atoms. The maximum Gasteiger partial charge on any atom is 0.305 e. The minimum absolute atomic E-state index is 0.0634. The quantitative estimate of drug-likeness (QED) is 0.704. The van der Waals surface area contributed by atoms with E-state index in [0.29, 0.717) is 6.42 Å². The van der Waals surface area contributed by atoms with Gasteiger partial charge in [0.2, 0.25) is 0 Å². The Hall–Kier alpha value is -0.610. The molecule has 0 N–H and O–H groups in total. The fourth-order valence-corrected chi connectivity index (χ4v) is 3.14. The molecule has 0 unspecified atom stereocenters. The van der Waals surface area contributed by atoms with Crippen LogP contribution >= 0.6 is 0 Å². The molecule has 0 aliphatic carbocycles. The van der Waals surface area contributed by atoms with Gasteiger partial charge in [0.25, 0.3) is 0 Å². The van der Waals surface area contributed by atoms with E-state index in [9.17, 15) is 4.79 Å². The molecule has 2 saturated heterocycles. The van der Waals surface area contributed by atoms with Crippen LogP contribution in [-0.2, 0) is 14.3 Å². The number of nitrogens with zero attached hydrogens (tertiary/aromatic N) is 1. The van der Waals surface area contributed by atoms with Crippen LogP contribution in [0.15, 0.2) is 0 Å². The zero-order valence-corrected chi connectivity index (χ0v) is 11.8. The summed E-state index contributed by atoms with van der Waals surface area (Å²) < 4.78 is 11.3. The topological polar surface area (TPSA) is 38.8 Å². The van der Waals surface area contributed by atoms with E-state index in [0.717, 1.165) is 26.1 Å². The first-order valence-corrected chi connectivity index (χ1v) is 7.12. The van der Waals surface area contributed by atoms with Gasteiger partial charge in [-0.25, -0.2) is 0 Å². The van der Waals surface area contributed by atoms with Crippen LogP contribution in [0.3, 0.4) is 0 Å². The molecule has 18 heavy (non-hydrogen) atoms. The van der Waals surface area contributed by atoms with Crippen molar-refractivity contribution < 1.29 is 14.3 Å². The van der Waals surface area contributed by atoms with Gasteiger partial charge < -0.3 is 9.47 Å². The van der Waals surface area contributed by atoms with Gasteiger partial charge in [-0.1, -0.05) is 6.92 Å². The highest BCUT2D eigenvalue weighted by Crippen LogP contribution is 2.40. The minimum Gasteiger partial charge on any atom is -0.461 e. The van der Waals surface area contributed by atoms with E-state index in [4.69, 9.17) is 9.47 Å². The van der Waals surface area contributed by atoms with Crippen LogP contribution in [0.4, 0.5) is 0 Å². The molecule has 0 spiro atoms. The average Bonchev–Trinajstić information content (AvgIpc) is 2.82. The molecule has 0 saturated carbocycles. The Bertz CT molecular complexity index is 305. The van der Waals surface area contributed by atoms with E-state index in [1.807, 2.05) is 6.92 Å². The van der Waals surface area contributed by atoms with Crippen LogP contribution in [-0.4, -0.2) is 48.3 Å². The Balaban J connectivity index is 1.94. The molecule has 2 atom stereocenters. The standard InChI is InChI=1S/C14H25NO3/c1-4-13(16)18-12-8-14(10-17-11(2)3)6-5-7-15(14)9-12/h11-12H,4-10H2,1-3H3/t12-,14+/m1/s1. The van der Waals surface area contributed by atoms with Gasteiger partial charge >= 0.3 is 5.97 Å². The first-order valence-electron chi connectivity index (χ1n) is 7.12. The van der Waals surface area contributed by atoms with Crippen molar-refractivity contribution in [3.63, 3.8) is 0 Å². The van der Waals surface area contributed by atoms with Crippen molar-refractivity contribution in [2.45, 2.75) is 64.2 Å². The molecule has 0 aromatic carbocycles. The summed E-state index contributed by atoms with van der Waals surface area (Å²) in [5, 5.41) is 0. The van der Waals surface area contributed by atoms with Crippen LogP contribution < -0.4 is 0 Å². The van der Waals surface area contributed by atoms with Crippen LogP contribution in [0.5, 0.6) is 0 Å². The first-order chi connectivity index (χ1) is 8.55. The fourth-order valence-electron chi connectivity index (χ4n) is 3.14. The molecule has 0 radical (unpaired) electrons. The molecule has 4 nitrogen and oxygen atoms in total. The molecule has 2 aliphatic heterocycles. The minimum atomic E-state index is -0.0823. The van der Waals surface area contributed by atoms with Crippen molar-refractivity contribution in [1.82, 2.24) is 4.90 Å². The summed E-state index contributed by atoms with van der Waals surface area (Å²) in [4.78, 5) is 13.8. The van der Waals surface area contributed by atoms with Crippen LogP contribution in [0.2, 0.25) is 0 Å². The lowest BCUT2D eigenvalue weighted by molar-refractivity contribution is -0.148. The molecule has 0 aromatic rings. The van der Waals surface area contributed by atoms with Crippen LogP contribution in [0.25, 0.3) is 0 Å². The third kappa shape index (κ3) is 2.86. The SMILES string of the molecule is CCC(=O)O[C@H]1CN2CCC[C@@]2(COC(C)C)C1. The van der Waals surface area contributed by atoms with Crippen molar-refractivity contribution in [2.75, 3.05) is 19.7 Å². The molecular formula is C14H25NO3. The lowest BCUT2D eigenvalue weighted by Gasteiger charge is -2.32. The highest BCUT2D eigenvalue weighted by Gasteiger charge is 2.49. The van der Waals surface area contributed by atoms with E-state index in [1.165, 1.54) is 12.8 Å². The van der Waals surface area contributed by atoms with E-state index in [2.05, 4.69) is 18.7 Å². The Morgan fingerprint density at radius 3 is 2.94 bits per heavy atom. The van der Waals surface area contributed by atoms with Gasteiger partial charge in [0.1, 0.15) is 6.10 Å². The summed E-state index contributed by atoms with van der Waals surface area (Å²) in [5.41, 5.74) is 0.128. The summed E-state index contributed by atoms with van der Waals surface area (Å²) in [7, 11) is 0. The zero-order chi connectivity index (χ0) is 13.2. The Morgan fingerprint density at radius 1 is 1.50 bits per heavy atom. The zero-order valence-electron chi connectivity index (χ0n) is 11.8. The van der Waals surface area contributed by atoms with Gasteiger partial charge in [0, 0.05) is 24.9 Å². The predicted octanol–water partition coefficient (Wildman–Crippen LogP) is 1.97. The third-order valence-electron chi connectivity index (χ3n) is 4.04. The third-order valence-corrected chi connectivity index (χ3v) is 4.04. The van der Waals surface area contributed by atoms with Gasteiger partial charge in [-0.15, -0.1) is 0 Å². The lowest BCUT2D eigenvalue weighted by Crippen LogP contribution is -2.43. The summed E-state index contributed by atoms with van der Waals surface area (Å²) in [5.74, 6) is -0.0823. The Labute approximate surface area is 110 Å². The smallest absolute Gasteiger partial charge is 0.305 e. The molecule has 4 heteroatoms. The number of carbonyl (C=O) groups excluding carboxylic acids is 1. The molecule has 104 valence electrons. The molecule has 2 fully saturated rings. The maximum atomic E-state index is 11.4. The highest BCUT2D eigenvalue weighted by molar-refractivity contribution is 5.69. The Kier molecular flexibility index (Phi) is 4.28. The van der Waals surface area contributed by atoms with Crippen molar-refractivity contribution in [3.05, 3.63) is 0 Å². The monoisotopic (exact) mass is 255 g/mol. The van der Waals surface area contributed by atoms with E-state index < -0.39 is 0 Å². The first kappa shape index (κ1) is 13.8. The number of carbonyl (C=O) groups is 1. The highest BCUT2D eigenvalue weighted by atomic mass is 16.5. The van der Waals surface area contributed by atoms with Crippen LogP contribution in [0, 0.1) is 0 Å². The number of fused-ring (bicyclic) bond motifs is 1. The van der Waals surface area contributed by atoms with E-state index >= 15 is 0 Å². The average molecular weight is 255 g/mol. The normalized spacial score (nSPS) is 31.9. The van der Waals surface area contributed by atoms with Crippen molar-refractivity contribution in [3.8, 4) is 0 Å². The number of hydrogen-bond acceptors (Lipinski definition) is 4. The molecule has 2 aliphatic rings. The molecular weight excluding hydrogens is 230 g/mol. The largest absolute Gasteiger partial charge is 0.461 e.